The van der Waals surface area contributed by atoms with Gasteiger partial charge >= 0.3 is 0 Å². The predicted octanol–water partition coefficient (Wildman–Crippen LogP) is 2.87. The van der Waals surface area contributed by atoms with Crippen LogP contribution >= 0.6 is 0 Å². The quantitative estimate of drug-likeness (QED) is 0.900. The number of ether oxygens (including phenoxy) is 1. The first kappa shape index (κ1) is 12.8. The van der Waals surface area contributed by atoms with Crippen LogP contribution in [0.4, 0.5) is 0 Å². The zero-order chi connectivity index (χ0) is 13.1. The molecule has 3 heteroatoms. The molecular weight excluding hydrogens is 226 g/mol. The van der Waals surface area contributed by atoms with Crippen LogP contribution in [0.3, 0.4) is 0 Å². The summed E-state index contributed by atoms with van der Waals surface area (Å²) in [6.07, 6.45) is 1.20. The molecular formula is C15H19NO2. The maximum atomic E-state index is 9.42. The van der Waals surface area contributed by atoms with Gasteiger partial charge in [0.05, 0.1) is 18.7 Å². The molecule has 1 unspecified atom stereocenters. The van der Waals surface area contributed by atoms with Crippen molar-refractivity contribution in [3.05, 3.63) is 35.5 Å². The van der Waals surface area contributed by atoms with Gasteiger partial charge in [0.2, 0.25) is 0 Å². The molecule has 0 fully saturated rings. The van der Waals surface area contributed by atoms with Gasteiger partial charge in [-0.3, -0.25) is 4.98 Å². The third-order valence-electron chi connectivity index (χ3n) is 3.16. The van der Waals surface area contributed by atoms with Crippen molar-refractivity contribution in [2.75, 3.05) is 7.11 Å². The van der Waals surface area contributed by atoms with Crippen molar-refractivity contribution in [1.82, 2.24) is 4.98 Å². The fourth-order valence-electron chi connectivity index (χ4n) is 2.22. The Morgan fingerprint density at radius 2 is 2.06 bits per heavy atom. The Morgan fingerprint density at radius 1 is 1.33 bits per heavy atom. The molecule has 0 aliphatic heterocycles. The lowest BCUT2D eigenvalue weighted by Crippen LogP contribution is -2.05. The summed E-state index contributed by atoms with van der Waals surface area (Å²) in [7, 11) is 1.69. The molecule has 0 bridgehead atoms. The molecule has 1 atom stereocenters. The van der Waals surface area contributed by atoms with E-state index in [9.17, 15) is 5.11 Å². The monoisotopic (exact) mass is 245 g/mol. The molecule has 1 N–H and O–H groups in total. The number of rotatable bonds is 4. The summed E-state index contributed by atoms with van der Waals surface area (Å²) < 4.78 is 5.55. The second-order valence-electron chi connectivity index (χ2n) is 4.61. The smallest absolute Gasteiger partial charge is 0.133 e. The van der Waals surface area contributed by atoms with Crippen molar-refractivity contribution in [2.24, 2.45) is 0 Å². The number of para-hydroxylation sites is 1. The summed E-state index contributed by atoms with van der Waals surface area (Å²) >= 11 is 0. The Kier molecular flexibility index (Phi) is 3.82. The maximum Gasteiger partial charge on any atom is 0.133 e. The van der Waals surface area contributed by atoms with Crippen LogP contribution in [0.1, 0.15) is 24.6 Å². The number of hydrogen-bond donors (Lipinski definition) is 1. The Hall–Kier alpha value is -1.61. The van der Waals surface area contributed by atoms with Crippen LogP contribution < -0.4 is 4.74 Å². The van der Waals surface area contributed by atoms with E-state index in [4.69, 9.17) is 4.74 Å². The van der Waals surface area contributed by atoms with E-state index in [1.54, 1.807) is 14.0 Å². The molecule has 1 aromatic carbocycles. The number of aliphatic hydroxyl groups excluding tert-OH is 1. The number of aryl methyl sites for hydroxylation is 1. The molecule has 0 spiro atoms. The molecule has 0 radical (unpaired) electrons. The van der Waals surface area contributed by atoms with Crippen molar-refractivity contribution in [3.63, 3.8) is 0 Å². The lowest BCUT2D eigenvalue weighted by atomic mass is 10.0. The fourth-order valence-corrected chi connectivity index (χ4v) is 2.22. The normalized spacial score (nSPS) is 12.7. The molecule has 0 aliphatic rings. The van der Waals surface area contributed by atoms with Gasteiger partial charge in [-0.1, -0.05) is 12.1 Å². The molecule has 0 saturated carbocycles. The topological polar surface area (TPSA) is 42.4 Å². The minimum atomic E-state index is -0.305. The van der Waals surface area contributed by atoms with E-state index in [0.29, 0.717) is 0 Å². The third-order valence-corrected chi connectivity index (χ3v) is 3.16. The number of pyridine rings is 1. The molecule has 96 valence electrons. The summed E-state index contributed by atoms with van der Waals surface area (Å²) in [6.45, 7) is 3.79. The van der Waals surface area contributed by atoms with E-state index < -0.39 is 0 Å². The van der Waals surface area contributed by atoms with Gasteiger partial charge in [-0.15, -0.1) is 0 Å². The first-order chi connectivity index (χ1) is 8.63. The minimum absolute atomic E-state index is 0.305. The lowest BCUT2D eigenvalue weighted by Gasteiger charge is -2.14. The van der Waals surface area contributed by atoms with Crippen LogP contribution in [-0.4, -0.2) is 23.3 Å². The number of benzene rings is 1. The van der Waals surface area contributed by atoms with E-state index >= 15 is 0 Å². The molecule has 0 saturated heterocycles. The number of nitrogens with zero attached hydrogens (tertiary/aromatic N) is 1. The number of aliphatic hydroxyl groups is 1. The summed E-state index contributed by atoms with van der Waals surface area (Å²) in [5.41, 5.74) is 3.02. The molecule has 1 heterocycles. The van der Waals surface area contributed by atoms with Gasteiger partial charge in [0.1, 0.15) is 5.75 Å². The van der Waals surface area contributed by atoms with Crippen molar-refractivity contribution in [2.45, 2.75) is 32.8 Å². The van der Waals surface area contributed by atoms with Gasteiger partial charge in [0.15, 0.2) is 0 Å². The highest BCUT2D eigenvalue weighted by molar-refractivity contribution is 5.86. The van der Waals surface area contributed by atoms with Crippen LogP contribution in [0.2, 0.25) is 0 Å². The Balaban J connectivity index is 2.53. The maximum absolute atomic E-state index is 9.42. The zero-order valence-electron chi connectivity index (χ0n) is 11.1. The van der Waals surface area contributed by atoms with Gasteiger partial charge in [0.25, 0.3) is 0 Å². The van der Waals surface area contributed by atoms with Crippen LogP contribution in [0, 0.1) is 6.92 Å². The molecule has 1 aromatic heterocycles. The number of fused-ring (bicyclic) bond motifs is 1. The van der Waals surface area contributed by atoms with Gasteiger partial charge in [-0.25, -0.2) is 0 Å². The van der Waals surface area contributed by atoms with Gasteiger partial charge in [0, 0.05) is 16.6 Å². The molecule has 0 amide bonds. The van der Waals surface area contributed by atoms with Gasteiger partial charge < -0.3 is 9.84 Å². The Bertz CT molecular complexity index is 549. The van der Waals surface area contributed by atoms with E-state index in [0.717, 1.165) is 40.8 Å². The van der Waals surface area contributed by atoms with Crippen molar-refractivity contribution in [1.29, 1.82) is 0 Å². The molecule has 18 heavy (non-hydrogen) atoms. The second-order valence-corrected chi connectivity index (χ2v) is 4.61. The minimum Gasteiger partial charge on any atom is -0.496 e. The summed E-state index contributed by atoms with van der Waals surface area (Å²) in [4.78, 5) is 4.60. The van der Waals surface area contributed by atoms with E-state index in [-0.39, 0.29) is 6.10 Å². The number of hydrogen-bond acceptors (Lipinski definition) is 3. The van der Waals surface area contributed by atoms with Gasteiger partial charge in [-0.2, -0.15) is 0 Å². The van der Waals surface area contributed by atoms with E-state index in [2.05, 4.69) is 4.98 Å². The zero-order valence-corrected chi connectivity index (χ0v) is 11.1. The highest BCUT2D eigenvalue weighted by Crippen LogP contribution is 2.31. The molecule has 2 rings (SSSR count). The predicted molar refractivity (Wildman–Crippen MR) is 73.0 cm³/mol. The second kappa shape index (κ2) is 5.36. The summed E-state index contributed by atoms with van der Waals surface area (Å²) in [5, 5.41) is 10.5. The standard InChI is InChI=1S/C15H19NO2/c1-10(17)8-9-12-11(2)16-14-7-5-4-6-13(14)15(12)18-3/h4-7,10,17H,8-9H2,1-3H3. The molecule has 3 nitrogen and oxygen atoms in total. The van der Waals surface area contributed by atoms with Gasteiger partial charge in [-0.05, 0) is 38.8 Å². The molecule has 2 aromatic rings. The van der Waals surface area contributed by atoms with Crippen LogP contribution in [0.5, 0.6) is 5.75 Å². The van der Waals surface area contributed by atoms with Crippen molar-refractivity contribution >= 4 is 10.9 Å². The highest BCUT2D eigenvalue weighted by atomic mass is 16.5. The average molecular weight is 245 g/mol. The average Bonchev–Trinajstić information content (AvgIpc) is 2.35. The van der Waals surface area contributed by atoms with Crippen LogP contribution in [0.25, 0.3) is 10.9 Å². The summed E-state index contributed by atoms with van der Waals surface area (Å²) in [5.74, 6) is 0.888. The SMILES string of the molecule is COc1c(CCC(C)O)c(C)nc2ccccc12. The summed E-state index contributed by atoms with van der Waals surface area (Å²) in [6, 6.07) is 7.97. The first-order valence-electron chi connectivity index (χ1n) is 6.23. The number of methoxy groups -OCH3 is 1. The Morgan fingerprint density at radius 3 is 2.72 bits per heavy atom. The van der Waals surface area contributed by atoms with E-state index in [1.165, 1.54) is 0 Å². The van der Waals surface area contributed by atoms with Crippen LogP contribution in [0.15, 0.2) is 24.3 Å². The van der Waals surface area contributed by atoms with E-state index in [1.807, 2.05) is 31.2 Å². The largest absolute Gasteiger partial charge is 0.496 e. The molecule has 0 aliphatic carbocycles. The highest BCUT2D eigenvalue weighted by Gasteiger charge is 2.13. The fraction of sp³-hybridized carbons (Fsp3) is 0.400. The first-order valence-corrected chi connectivity index (χ1v) is 6.23. The van der Waals surface area contributed by atoms with Crippen molar-refractivity contribution in [3.8, 4) is 5.75 Å². The Labute approximate surface area is 107 Å². The lowest BCUT2D eigenvalue weighted by molar-refractivity contribution is 0.184. The van der Waals surface area contributed by atoms with Crippen molar-refractivity contribution < 1.29 is 9.84 Å². The van der Waals surface area contributed by atoms with Crippen LogP contribution in [-0.2, 0) is 6.42 Å². The third kappa shape index (κ3) is 2.46. The number of aromatic nitrogens is 1.